The fraction of sp³-hybridized carbons (Fsp3) is 0.0278. The smallest absolute Gasteiger partial charge is 0.166 e. The zero-order chi connectivity index (χ0) is 52.3. The minimum Gasteiger partial charge on any atom is -0.309 e. The summed E-state index contributed by atoms with van der Waals surface area (Å²) in [5.74, 6) is 1.70. The molecule has 6 heteroatoms. The van der Waals surface area contributed by atoms with Crippen molar-refractivity contribution in [3.05, 3.63) is 271 Å². The Kier molecular flexibility index (Phi) is 11.2. The van der Waals surface area contributed by atoms with Crippen LogP contribution in [0.2, 0.25) is 0 Å². The van der Waals surface area contributed by atoms with Gasteiger partial charge < -0.3 is 9.13 Å². The fourth-order valence-corrected chi connectivity index (χ4v) is 11.5. The molecule has 0 aliphatic carbocycles. The normalized spacial score (nSPS) is 11.4. The molecule has 0 bridgehead atoms. The monoisotopic (exact) mass is 996 g/mol. The summed E-state index contributed by atoms with van der Waals surface area (Å²) in [6.45, 7) is 4.35. The molecule has 14 aromatic rings. The first-order chi connectivity index (χ1) is 38.5. The first-order valence-corrected chi connectivity index (χ1v) is 26.3. The Bertz CT molecular complexity index is 4650. The maximum Gasteiger partial charge on any atom is 0.166 e. The summed E-state index contributed by atoms with van der Waals surface area (Å²) in [5, 5.41) is 14.7. The average Bonchev–Trinajstić information content (AvgIpc) is 4.15. The molecule has 366 valence electrons. The van der Waals surface area contributed by atoms with Gasteiger partial charge in [0.05, 0.1) is 45.1 Å². The van der Waals surface area contributed by atoms with E-state index >= 15 is 0 Å². The molecular weight excluding hydrogens is 949 g/mol. The predicted molar refractivity (Wildman–Crippen MR) is 321 cm³/mol. The molecule has 0 aliphatic rings. The minimum atomic E-state index is 0.544. The number of aromatic nitrogens is 5. The van der Waals surface area contributed by atoms with Crippen LogP contribution in [0.15, 0.2) is 255 Å². The second-order valence-corrected chi connectivity index (χ2v) is 20.0. The molecule has 0 aliphatic heterocycles. The van der Waals surface area contributed by atoms with E-state index in [0.717, 1.165) is 83.2 Å². The summed E-state index contributed by atoms with van der Waals surface area (Å²) in [5.41, 5.74) is 20.6. The first kappa shape index (κ1) is 46.1. The van der Waals surface area contributed by atoms with E-state index in [4.69, 9.17) is 15.0 Å². The van der Waals surface area contributed by atoms with Crippen LogP contribution in [-0.4, -0.2) is 24.1 Å². The van der Waals surface area contributed by atoms with Crippen molar-refractivity contribution in [2.75, 3.05) is 0 Å². The van der Waals surface area contributed by atoms with E-state index < -0.39 is 0 Å². The average molecular weight is 997 g/mol. The van der Waals surface area contributed by atoms with Gasteiger partial charge in [-0.2, -0.15) is 5.26 Å². The Labute approximate surface area is 452 Å². The van der Waals surface area contributed by atoms with Gasteiger partial charge in [0.25, 0.3) is 0 Å². The van der Waals surface area contributed by atoms with Gasteiger partial charge in [-0.15, -0.1) is 0 Å². The minimum absolute atomic E-state index is 0.544. The Hall–Kier alpha value is -10.5. The Balaban J connectivity index is 1.07. The number of rotatable bonds is 9. The molecule has 0 N–H and O–H groups in total. The second kappa shape index (κ2) is 19.0. The van der Waals surface area contributed by atoms with Crippen LogP contribution in [0, 0.1) is 25.2 Å². The van der Waals surface area contributed by atoms with Crippen molar-refractivity contribution in [3.8, 4) is 96.1 Å². The maximum atomic E-state index is 10.1. The number of nitriles is 1. The maximum absolute atomic E-state index is 10.1. The molecule has 0 unspecified atom stereocenters. The van der Waals surface area contributed by atoms with Crippen LogP contribution in [0.3, 0.4) is 0 Å². The number of benzene rings is 11. The van der Waals surface area contributed by atoms with Crippen LogP contribution in [0.5, 0.6) is 0 Å². The number of fused-ring (bicyclic) bond motifs is 6. The van der Waals surface area contributed by atoms with Gasteiger partial charge in [0.2, 0.25) is 0 Å². The highest BCUT2D eigenvalue weighted by molar-refractivity contribution is 6.12. The summed E-state index contributed by atoms with van der Waals surface area (Å²) >= 11 is 0. The summed E-state index contributed by atoms with van der Waals surface area (Å²) < 4.78 is 4.79. The lowest BCUT2D eigenvalue weighted by atomic mass is 9.94. The molecule has 0 spiro atoms. The third-order valence-electron chi connectivity index (χ3n) is 15.3. The van der Waals surface area contributed by atoms with Crippen molar-refractivity contribution in [3.63, 3.8) is 0 Å². The largest absolute Gasteiger partial charge is 0.309 e. The quantitative estimate of drug-likeness (QED) is 0.144. The van der Waals surface area contributed by atoms with Crippen molar-refractivity contribution in [1.29, 1.82) is 5.26 Å². The Morgan fingerprint density at radius 3 is 1.26 bits per heavy atom. The van der Waals surface area contributed by atoms with Gasteiger partial charge in [-0.25, -0.2) is 15.0 Å². The third kappa shape index (κ3) is 7.92. The summed E-state index contributed by atoms with van der Waals surface area (Å²) in [7, 11) is 0. The zero-order valence-corrected chi connectivity index (χ0v) is 42.9. The van der Waals surface area contributed by atoms with Gasteiger partial charge in [-0.05, 0) is 137 Å². The summed E-state index contributed by atoms with van der Waals surface area (Å²) in [6, 6.07) is 92.3. The van der Waals surface area contributed by atoms with Gasteiger partial charge >= 0.3 is 0 Å². The van der Waals surface area contributed by atoms with E-state index in [9.17, 15) is 5.26 Å². The molecule has 14 rings (SSSR count). The topological polar surface area (TPSA) is 72.3 Å². The molecule has 3 aromatic heterocycles. The van der Waals surface area contributed by atoms with Crippen molar-refractivity contribution >= 4 is 43.6 Å². The van der Waals surface area contributed by atoms with Crippen molar-refractivity contribution in [1.82, 2.24) is 24.1 Å². The molecular formula is C72H48N6. The van der Waals surface area contributed by atoms with E-state index in [1.807, 2.05) is 54.6 Å². The van der Waals surface area contributed by atoms with Gasteiger partial charge in [0.15, 0.2) is 17.5 Å². The van der Waals surface area contributed by atoms with Crippen LogP contribution < -0.4 is 0 Å². The molecule has 0 atom stereocenters. The van der Waals surface area contributed by atoms with Crippen LogP contribution >= 0.6 is 0 Å². The molecule has 6 nitrogen and oxygen atoms in total. The van der Waals surface area contributed by atoms with Gasteiger partial charge in [0.1, 0.15) is 0 Å². The van der Waals surface area contributed by atoms with Crippen molar-refractivity contribution in [2.45, 2.75) is 13.8 Å². The molecule has 0 saturated carbocycles. The highest BCUT2D eigenvalue weighted by Crippen LogP contribution is 2.44. The molecule has 0 amide bonds. The highest BCUT2D eigenvalue weighted by atomic mass is 15.1. The second-order valence-electron chi connectivity index (χ2n) is 20.0. The van der Waals surface area contributed by atoms with Crippen molar-refractivity contribution < 1.29 is 0 Å². The van der Waals surface area contributed by atoms with Gasteiger partial charge in [0, 0.05) is 43.8 Å². The number of hydrogen-bond donors (Lipinski definition) is 0. The molecule has 0 radical (unpaired) electrons. The highest BCUT2D eigenvalue weighted by Gasteiger charge is 2.24. The first-order valence-electron chi connectivity index (χ1n) is 26.3. The van der Waals surface area contributed by atoms with Crippen LogP contribution in [0.1, 0.15) is 16.7 Å². The zero-order valence-electron chi connectivity index (χ0n) is 42.9. The van der Waals surface area contributed by atoms with E-state index in [1.54, 1.807) is 0 Å². The molecule has 0 fully saturated rings. The van der Waals surface area contributed by atoms with E-state index in [-0.39, 0.29) is 0 Å². The molecule has 0 saturated heterocycles. The molecule has 3 heterocycles. The molecule has 78 heavy (non-hydrogen) atoms. The fourth-order valence-electron chi connectivity index (χ4n) is 11.5. The Morgan fingerprint density at radius 2 is 0.705 bits per heavy atom. The van der Waals surface area contributed by atoms with E-state index in [0.29, 0.717) is 23.0 Å². The van der Waals surface area contributed by atoms with Crippen LogP contribution in [0.25, 0.3) is 134 Å². The lowest BCUT2D eigenvalue weighted by Crippen LogP contribution is -2.04. The summed E-state index contributed by atoms with van der Waals surface area (Å²) in [4.78, 5) is 16.0. The standard InChI is InChI=1S/C72H48N6/c1-46-18-9-11-26-56(46)53-33-37-67-61(42-53)58-28-13-15-30-64(58)77(67)66-36-32-52(51-25-17-20-48(40-51)45-73)41-60(66)55-35-39-69(63(44-55)72-75-70(49-21-5-3-6-22-49)74-71(76-72)50-23-7-4-8-24-50)78-65-31-16-14-29-59(65)62-43-54(34-38-68(62)78)57-27-12-10-19-47(57)2/h3-44H,1-2H3. The number of hydrogen-bond acceptors (Lipinski definition) is 4. The van der Waals surface area contributed by atoms with E-state index in [2.05, 4.69) is 229 Å². The third-order valence-corrected chi connectivity index (χ3v) is 15.3. The lowest BCUT2D eigenvalue weighted by molar-refractivity contribution is 1.06. The summed E-state index contributed by atoms with van der Waals surface area (Å²) in [6.07, 6.45) is 0. The van der Waals surface area contributed by atoms with Crippen LogP contribution in [-0.2, 0) is 0 Å². The van der Waals surface area contributed by atoms with Crippen molar-refractivity contribution in [2.24, 2.45) is 0 Å². The molecule has 11 aromatic carbocycles. The number of aryl methyl sites for hydroxylation is 2. The number of para-hydroxylation sites is 2. The number of nitrogens with zero attached hydrogens (tertiary/aromatic N) is 6. The van der Waals surface area contributed by atoms with Gasteiger partial charge in [-0.1, -0.05) is 182 Å². The van der Waals surface area contributed by atoms with Gasteiger partial charge in [-0.3, -0.25) is 0 Å². The lowest BCUT2D eigenvalue weighted by Gasteiger charge is -2.19. The SMILES string of the molecule is Cc1ccccc1-c1ccc2c(c1)c1ccccc1n2-c1ccc(-c2cccc(C#N)c2)cc1-c1ccc(-n2c3ccccc3c3cc(-c4ccccc4C)ccc32)c(-c2nc(-c3ccccc3)nc(-c3ccccc3)n2)c1. The van der Waals surface area contributed by atoms with E-state index in [1.165, 1.54) is 44.2 Å². The Morgan fingerprint density at radius 1 is 0.295 bits per heavy atom. The van der Waals surface area contributed by atoms with Crippen LogP contribution in [0.4, 0.5) is 0 Å². The predicted octanol–water partition coefficient (Wildman–Crippen LogP) is 18.2.